The summed E-state index contributed by atoms with van der Waals surface area (Å²) in [6.07, 6.45) is 1.45. The molecule has 0 aliphatic rings. The van der Waals surface area contributed by atoms with Crippen molar-refractivity contribution in [2.45, 2.75) is 26.7 Å². The molecule has 0 aromatic rings. The summed E-state index contributed by atoms with van der Waals surface area (Å²) in [5, 5.41) is 0. The highest BCUT2D eigenvalue weighted by molar-refractivity contribution is 6.19. The summed E-state index contributed by atoms with van der Waals surface area (Å²) in [6.45, 7) is 3.85. The van der Waals surface area contributed by atoms with E-state index in [9.17, 15) is 4.79 Å². The zero-order valence-electron chi connectivity index (χ0n) is 6.48. The highest BCUT2D eigenvalue weighted by Crippen LogP contribution is 2.26. The molecule has 10 heavy (non-hydrogen) atoms. The Morgan fingerprint density at radius 3 is 1.90 bits per heavy atom. The predicted octanol–water partition coefficient (Wildman–Crippen LogP) is 1.52. The van der Waals surface area contributed by atoms with Crippen molar-refractivity contribution < 1.29 is 4.79 Å². The second kappa shape index (κ2) is 3.81. The number of alkyl halides is 1. The van der Waals surface area contributed by atoms with Crippen LogP contribution < -0.4 is 5.73 Å². The Balaban J connectivity index is 4.31. The van der Waals surface area contributed by atoms with E-state index in [1.54, 1.807) is 0 Å². The minimum Gasteiger partial charge on any atom is -0.369 e. The molecule has 0 fully saturated rings. The van der Waals surface area contributed by atoms with E-state index >= 15 is 0 Å². The fraction of sp³-hybridized carbons (Fsp3) is 0.857. The highest BCUT2D eigenvalue weighted by Gasteiger charge is 2.31. The fourth-order valence-corrected chi connectivity index (χ4v) is 1.36. The molecular weight excluding hydrogens is 150 g/mol. The summed E-state index contributed by atoms with van der Waals surface area (Å²) in [7, 11) is 0. The number of hydrogen-bond acceptors (Lipinski definition) is 1. The highest BCUT2D eigenvalue weighted by atomic mass is 35.5. The predicted molar refractivity (Wildman–Crippen MR) is 42.9 cm³/mol. The first-order chi connectivity index (χ1) is 4.63. The van der Waals surface area contributed by atoms with Crippen molar-refractivity contribution in [1.29, 1.82) is 0 Å². The van der Waals surface area contributed by atoms with Gasteiger partial charge in [-0.25, -0.2) is 0 Å². The van der Waals surface area contributed by atoms with Crippen LogP contribution in [0, 0.1) is 5.41 Å². The Hall–Kier alpha value is -0.240. The van der Waals surface area contributed by atoms with E-state index in [0.717, 1.165) is 12.8 Å². The van der Waals surface area contributed by atoms with Gasteiger partial charge in [-0.05, 0) is 12.8 Å². The summed E-state index contributed by atoms with van der Waals surface area (Å²) in [6, 6.07) is 0. The molecule has 0 heterocycles. The Bertz CT molecular complexity index is 113. The first-order valence-electron chi connectivity index (χ1n) is 3.48. The van der Waals surface area contributed by atoms with E-state index in [2.05, 4.69) is 0 Å². The number of halogens is 1. The van der Waals surface area contributed by atoms with Gasteiger partial charge in [-0.2, -0.15) is 0 Å². The maximum Gasteiger partial charge on any atom is 0.224 e. The van der Waals surface area contributed by atoms with Crippen molar-refractivity contribution in [2.24, 2.45) is 11.1 Å². The maximum absolute atomic E-state index is 10.9. The zero-order chi connectivity index (χ0) is 8.20. The van der Waals surface area contributed by atoms with E-state index < -0.39 is 5.41 Å². The minimum absolute atomic E-state index is 0.285. The number of rotatable bonds is 4. The smallest absolute Gasteiger partial charge is 0.224 e. The van der Waals surface area contributed by atoms with Crippen LogP contribution >= 0.6 is 11.6 Å². The van der Waals surface area contributed by atoms with Gasteiger partial charge in [-0.1, -0.05) is 13.8 Å². The van der Waals surface area contributed by atoms with E-state index in [1.807, 2.05) is 13.8 Å². The van der Waals surface area contributed by atoms with Gasteiger partial charge in [-0.3, -0.25) is 4.79 Å². The van der Waals surface area contributed by atoms with E-state index in [1.165, 1.54) is 0 Å². The molecule has 0 saturated carbocycles. The van der Waals surface area contributed by atoms with Crippen LogP contribution in [0.2, 0.25) is 0 Å². The van der Waals surface area contributed by atoms with Crippen LogP contribution in [0.15, 0.2) is 0 Å². The van der Waals surface area contributed by atoms with Gasteiger partial charge in [0.25, 0.3) is 0 Å². The second-order valence-electron chi connectivity index (χ2n) is 2.49. The molecule has 2 N–H and O–H groups in total. The van der Waals surface area contributed by atoms with Gasteiger partial charge in [0, 0.05) is 5.88 Å². The molecule has 3 heteroatoms. The van der Waals surface area contributed by atoms with Crippen molar-refractivity contribution in [3.8, 4) is 0 Å². The second-order valence-corrected chi connectivity index (χ2v) is 2.75. The summed E-state index contributed by atoms with van der Waals surface area (Å²) in [4.78, 5) is 10.9. The first kappa shape index (κ1) is 9.76. The van der Waals surface area contributed by atoms with Gasteiger partial charge in [0.1, 0.15) is 0 Å². The van der Waals surface area contributed by atoms with Crippen LogP contribution in [0.5, 0.6) is 0 Å². The molecule has 2 nitrogen and oxygen atoms in total. The first-order valence-corrected chi connectivity index (χ1v) is 4.02. The van der Waals surface area contributed by atoms with Gasteiger partial charge >= 0.3 is 0 Å². The zero-order valence-corrected chi connectivity index (χ0v) is 7.24. The summed E-state index contributed by atoms with van der Waals surface area (Å²) >= 11 is 5.62. The van der Waals surface area contributed by atoms with Crippen LogP contribution in [0.25, 0.3) is 0 Å². The Morgan fingerprint density at radius 2 is 1.90 bits per heavy atom. The monoisotopic (exact) mass is 163 g/mol. The molecule has 0 aliphatic carbocycles. The van der Waals surface area contributed by atoms with Gasteiger partial charge in [0.2, 0.25) is 5.91 Å². The molecule has 0 atom stereocenters. The number of carbonyl (C=O) groups excluding carboxylic acids is 1. The van der Waals surface area contributed by atoms with Crippen molar-refractivity contribution in [1.82, 2.24) is 0 Å². The summed E-state index contributed by atoms with van der Waals surface area (Å²) in [5.74, 6) is 0.0440. The number of amides is 1. The third-order valence-corrected chi connectivity index (χ3v) is 2.64. The van der Waals surface area contributed by atoms with Crippen LogP contribution in [0.4, 0.5) is 0 Å². The molecule has 1 amide bonds. The quantitative estimate of drug-likeness (QED) is 0.628. The molecule has 0 bridgehead atoms. The Labute approximate surface area is 66.7 Å². The normalized spacial score (nSPS) is 11.5. The average molecular weight is 164 g/mol. The van der Waals surface area contributed by atoms with Crippen molar-refractivity contribution in [2.75, 3.05) is 5.88 Å². The SMILES string of the molecule is CCC(CC)(CCl)C(N)=O. The van der Waals surface area contributed by atoms with E-state index in [0.29, 0.717) is 5.88 Å². The largest absolute Gasteiger partial charge is 0.369 e. The van der Waals surface area contributed by atoms with Crippen LogP contribution in [0.3, 0.4) is 0 Å². The lowest BCUT2D eigenvalue weighted by atomic mass is 9.84. The maximum atomic E-state index is 10.9. The number of hydrogen-bond donors (Lipinski definition) is 1. The Kier molecular flexibility index (Phi) is 3.72. The summed E-state index contributed by atoms with van der Waals surface area (Å²) in [5.41, 5.74) is 4.71. The molecule has 0 saturated heterocycles. The molecule has 0 aromatic heterocycles. The number of carbonyl (C=O) groups is 1. The molecule has 0 radical (unpaired) electrons. The van der Waals surface area contributed by atoms with Crippen molar-refractivity contribution in [3.05, 3.63) is 0 Å². The topological polar surface area (TPSA) is 43.1 Å². The molecule has 0 aliphatic heterocycles. The third-order valence-electron chi connectivity index (χ3n) is 2.13. The van der Waals surface area contributed by atoms with Crippen molar-refractivity contribution >= 4 is 17.5 Å². The molecule has 0 aromatic carbocycles. The molecule has 0 rings (SSSR count). The van der Waals surface area contributed by atoms with Gasteiger partial charge in [-0.15, -0.1) is 11.6 Å². The molecule has 60 valence electrons. The minimum atomic E-state index is -0.471. The lowest BCUT2D eigenvalue weighted by molar-refractivity contribution is -0.126. The third kappa shape index (κ3) is 1.63. The molecule has 0 spiro atoms. The van der Waals surface area contributed by atoms with Crippen LogP contribution in [0.1, 0.15) is 26.7 Å². The molecular formula is C7H14ClNO. The molecule has 0 unspecified atom stereocenters. The van der Waals surface area contributed by atoms with E-state index in [-0.39, 0.29) is 5.91 Å². The van der Waals surface area contributed by atoms with E-state index in [4.69, 9.17) is 17.3 Å². The lowest BCUT2D eigenvalue weighted by Crippen LogP contribution is -2.37. The number of primary amides is 1. The van der Waals surface area contributed by atoms with Gasteiger partial charge in [0.05, 0.1) is 5.41 Å². The van der Waals surface area contributed by atoms with Gasteiger partial charge in [0.15, 0.2) is 0 Å². The van der Waals surface area contributed by atoms with Crippen molar-refractivity contribution in [3.63, 3.8) is 0 Å². The Morgan fingerprint density at radius 1 is 1.50 bits per heavy atom. The lowest BCUT2D eigenvalue weighted by Gasteiger charge is -2.24. The van der Waals surface area contributed by atoms with Crippen LogP contribution in [-0.4, -0.2) is 11.8 Å². The van der Waals surface area contributed by atoms with Crippen LogP contribution in [-0.2, 0) is 4.79 Å². The average Bonchev–Trinajstić information content (AvgIpc) is 1.92. The fourth-order valence-electron chi connectivity index (χ4n) is 0.853. The summed E-state index contributed by atoms with van der Waals surface area (Å²) < 4.78 is 0. The van der Waals surface area contributed by atoms with Gasteiger partial charge < -0.3 is 5.73 Å². The number of nitrogens with two attached hydrogens (primary N) is 1. The standard InChI is InChI=1S/C7H14ClNO/c1-3-7(4-2,5-8)6(9)10/h3-5H2,1-2H3,(H2,9,10).